The Labute approximate surface area is 109 Å². The monoisotopic (exact) mass is 250 g/mol. The van der Waals surface area contributed by atoms with Gasteiger partial charge in [0.2, 0.25) is 5.91 Å². The second-order valence-corrected chi connectivity index (χ2v) is 4.48. The molecule has 1 amide bonds. The molecule has 4 heteroatoms. The number of carbonyl (C=O) groups is 1. The maximum Gasteiger partial charge on any atom is 0.237 e. The van der Waals surface area contributed by atoms with E-state index in [4.69, 9.17) is 10.5 Å². The summed E-state index contributed by atoms with van der Waals surface area (Å²) in [5, 5.41) is 2.85. The van der Waals surface area contributed by atoms with Crippen LogP contribution in [0.5, 0.6) is 5.75 Å². The molecule has 18 heavy (non-hydrogen) atoms. The van der Waals surface area contributed by atoms with Crippen molar-refractivity contribution in [2.45, 2.75) is 32.9 Å². The van der Waals surface area contributed by atoms with E-state index in [1.807, 2.05) is 38.1 Å². The topological polar surface area (TPSA) is 64.4 Å². The maximum atomic E-state index is 11.8. The zero-order valence-electron chi connectivity index (χ0n) is 11.3. The summed E-state index contributed by atoms with van der Waals surface area (Å²) in [4.78, 5) is 11.8. The van der Waals surface area contributed by atoms with Crippen LogP contribution in [0.15, 0.2) is 24.3 Å². The molecule has 0 radical (unpaired) electrons. The van der Waals surface area contributed by atoms with Crippen molar-refractivity contribution in [3.8, 4) is 5.75 Å². The van der Waals surface area contributed by atoms with Crippen LogP contribution in [0.25, 0.3) is 0 Å². The minimum Gasteiger partial charge on any atom is -0.497 e. The molecule has 0 fully saturated rings. The Morgan fingerprint density at radius 1 is 1.50 bits per heavy atom. The molecule has 0 heterocycles. The summed E-state index contributed by atoms with van der Waals surface area (Å²) in [6.07, 6.45) is 0.897. The van der Waals surface area contributed by atoms with Gasteiger partial charge in [0.25, 0.3) is 0 Å². The molecule has 0 aliphatic rings. The van der Waals surface area contributed by atoms with Gasteiger partial charge in [-0.05, 0) is 23.6 Å². The summed E-state index contributed by atoms with van der Waals surface area (Å²) in [7, 11) is 1.62. The summed E-state index contributed by atoms with van der Waals surface area (Å²) in [5.74, 6) is 0.871. The molecule has 0 saturated heterocycles. The molecule has 100 valence electrons. The second-order valence-electron chi connectivity index (χ2n) is 4.48. The number of hydrogen-bond acceptors (Lipinski definition) is 3. The van der Waals surface area contributed by atoms with Crippen molar-refractivity contribution in [1.29, 1.82) is 0 Å². The smallest absolute Gasteiger partial charge is 0.237 e. The van der Waals surface area contributed by atoms with Crippen LogP contribution in [0.4, 0.5) is 0 Å². The van der Waals surface area contributed by atoms with Crippen LogP contribution in [0.3, 0.4) is 0 Å². The predicted molar refractivity (Wildman–Crippen MR) is 72.3 cm³/mol. The number of nitrogens with two attached hydrogens (primary N) is 1. The molecule has 2 unspecified atom stereocenters. The van der Waals surface area contributed by atoms with Crippen LogP contribution in [0.2, 0.25) is 0 Å². The minimum atomic E-state index is -0.444. The normalized spacial score (nSPS) is 13.8. The van der Waals surface area contributed by atoms with E-state index < -0.39 is 6.04 Å². The number of carbonyl (C=O) groups excluding carboxylic acids is 1. The summed E-state index contributed by atoms with van der Waals surface area (Å²) in [6, 6.07) is 7.17. The van der Waals surface area contributed by atoms with Crippen molar-refractivity contribution < 1.29 is 9.53 Å². The summed E-state index contributed by atoms with van der Waals surface area (Å²) >= 11 is 0. The highest BCUT2D eigenvalue weighted by Gasteiger charge is 2.18. The van der Waals surface area contributed by atoms with E-state index in [-0.39, 0.29) is 11.8 Å². The molecule has 2 atom stereocenters. The van der Waals surface area contributed by atoms with E-state index in [9.17, 15) is 4.79 Å². The predicted octanol–water partition coefficient (Wildman–Crippen LogP) is 1.68. The molecular weight excluding hydrogens is 228 g/mol. The average molecular weight is 250 g/mol. The van der Waals surface area contributed by atoms with Gasteiger partial charge >= 0.3 is 0 Å². The van der Waals surface area contributed by atoms with E-state index in [0.717, 1.165) is 17.7 Å². The van der Waals surface area contributed by atoms with Gasteiger partial charge in [0.1, 0.15) is 5.75 Å². The lowest BCUT2D eigenvalue weighted by Crippen LogP contribution is -2.44. The van der Waals surface area contributed by atoms with Gasteiger partial charge in [0, 0.05) is 6.54 Å². The highest BCUT2D eigenvalue weighted by Crippen LogP contribution is 2.12. The molecule has 0 saturated carbocycles. The Hall–Kier alpha value is -1.55. The highest BCUT2D eigenvalue weighted by molar-refractivity contribution is 5.81. The standard InChI is InChI=1S/C14H22N2O2/c1-4-10(2)13(15)14(17)16-9-11-6-5-7-12(8-11)18-3/h5-8,10,13H,4,9,15H2,1-3H3,(H,16,17). The van der Waals surface area contributed by atoms with Crippen molar-refractivity contribution in [2.75, 3.05) is 7.11 Å². The van der Waals surface area contributed by atoms with E-state index >= 15 is 0 Å². The van der Waals surface area contributed by atoms with Crippen LogP contribution in [-0.2, 0) is 11.3 Å². The van der Waals surface area contributed by atoms with Crippen molar-refractivity contribution >= 4 is 5.91 Å². The Kier molecular flexibility index (Phi) is 5.65. The fourth-order valence-corrected chi connectivity index (χ4v) is 1.60. The molecule has 0 aromatic heterocycles. The van der Waals surface area contributed by atoms with Crippen LogP contribution in [-0.4, -0.2) is 19.1 Å². The van der Waals surface area contributed by atoms with Crippen molar-refractivity contribution in [2.24, 2.45) is 11.7 Å². The fraction of sp³-hybridized carbons (Fsp3) is 0.500. The summed E-state index contributed by atoms with van der Waals surface area (Å²) < 4.78 is 5.13. The van der Waals surface area contributed by atoms with Crippen molar-refractivity contribution in [1.82, 2.24) is 5.32 Å². The molecule has 0 aliphatic heterocycles. The van der Waals surface area contributed by atoms with Gasteiger partial charge in [0.15, 0.2) is 0 Å². The van der Waals surface area contributed by atoms with E-state index in [0.29, 0.717) is 6.54 Å². The van der Waals surface area contributed by atoms with E-state index in [1.54, 1.807) is 7.11 Å². The first kappa shape index (κ1) is 14.5. The molecule has 1 rings (SSSR count). The molecule has 0 aliphatic carbocycles. The number of ether oxygens (including phenoxy) is 1. The third-order valence-corrected chi connectivity index (χ3v) is 3.16. The van der Waals surface area contributed by atoms with Crippen LogP contribution in [0.1, 0.15) is 25.8 Å². The Bertz CT molecular complexity index is 393. The van der Waals surface area contributed by atoms with Gasteiger partial charge in [-0.1, -0.05) is 32.4 Å². The average Bonchev–Trinajstić information content (AvgIpc) is 2.43. The first-order valence-electron chi connectivity index (χ1n) is 6.24. The third kappa shape index (κ3) is 4.04. The molecule has 1 aromatic rings. The number of nitrogens with one attached hydrogen (secondary N) is 1. The largest absolute Gasteiger partial charge is 0.497 e. The third-order valence-electron chi connectivity index (χ3n) is 3.16. The maximum absolute atomic E-state index is 11.8. The molecule has 0 spiro atoms. The van der Waals surface area contributed by atoms with Gasteiger partial charge in [-0.3, -0.25) is 4.79 Å². The zero-order valence-corrected chi connectivity index (χ0v) is 11.3. The second kappa shape index (κ2) is 7.01. The minimum absolute atomic E-state index is 0.104. The number of hydrogen-bond donors (Lipinski definition) is 2. The van der Waals surface area contributed by atoms with Gasteiger partial charge in [-0.25, -0.2) is 0 Å². The fourth-order valence-electron chi connectivity index (χ4n) is 1.60. The highest BCUT2D eigenvalue weighted by atomic mass is 16.5. The summed E-state index contributed by atoms with van der Waals surface area (Å²) in [6.45, 7) is 4.48. The molecule has 3 N–H and O–H groups in total. The van der Waals surface area contributed by atoms with Gasteiger partial charge in [-0.2, -0.15) is 0 Å². The lowest BCUT2D eigenvalue weighted by molar-refractivity contribution is -0.123. The molecule has 4 nitrogen and oxygen atoms in total. The SMILES string of the molecule is CCC(C)C(N)C(=O)NCc1cccc(OC)c1. The number of methoxy groups -OCH3 is 1. The van der Waals surface area contributed by atoms with Crippen LogP contribution < -0.4 is 15.8 Å². The number of rotatable bonds is 6. The number of benzene rings is 1. The van der Waals surface area contributed by atoms with Crippen LogP contribution >= 0.6 is 0 Å². The Balaban J connectivity index is 2.51. The molecule has 1 aromatic carbocycles. The van der Waals surface area contributed by atoms with Gasteiger partial charge < -0.3 is 15.8 Å². The first-order valence-corrected chi connectivity index (χ1v) is 6.24. The quantitative estimate of drug-likeness (QED) is 0.807. The Morgan fingerprint density at radius 2 is 2.22 bits per heavy atom. The van der Waals surface area contributed by atoms with E-state index in [1.165, 1.54) is 0 Å². The van der Waals surface area contributed by atoms with Crippen LogP contribution in [0, 0.1) is 5.92 Å². The van der Waals surface area contributed by atoms with Crippen molar-refractivity contribution in [3.63, 3.8) is 0 Å². The molecular formula is C14H22N2O2. The van der Waals surface area contributed by atoms with Gasteiger partial charge in [0.05, 0.1) is 13.2 Å². The van der Waals surface area contributed by atoms with Gasteiger partial charge in [-0.15, -0.1) is 0 Å². The lowest BCUT2D eigenvalue weighted by Gasteiger charge is -2.17. The summed E-state index contributed by atoms with van der Waals surface area (Å²) in [5.41, 5.74) is 6.85. The Morgan fingerprint density at radius 3 is 2.83 bits per heavy atom. The van der Waals surface area contributed by atoms with E-state index in [2.05, 4.69) is 5.32 Å². The number of amides is 1. The van der Waals surface area contributed by atoms with Crippen molar-refractivity contribution in [3.05, 3.63) is 29.8 Å². The zero-order chi connectivity index (χ0) is 13.5. The molecule has 0 bridgehead atoms. The lowest BCUT2D eigenvalue weighted by atomic mass is 9.99. The first-order chi connectivity index (χ1) is 8.58.